The van der Waals surface area contributed by atoms with Gasteiger partial charge in [-0.05, 0) is 17.9 Å². The van der Waals surface area contributed by atoms with Crippen LogP contribution in [0.1, 0.15) is 27.2 Å². The Hall–Kier alpha value is -0.560. The van der Waals surface area contributed by atoms with Gasteiger partial charge in [0.15, 0.2) is 0 Å². The van der Waals surface area contributed by atoms with Crippen LogP contribution in [0, 0.1) is 5.92 Å². The second-order valence-electron chi connectivity index (χ2n) is 3.89. The van der Waals surface area contributed by atoms with E-state index in [-0.39, 0.29) is 0 Å². The van der Waals surface area contributed by atoms with E-state index in [1.54, 1.807) is 0 Å². The molecule has 0 aromatic carbocycles. The molecular weight excluding hydrogens is 146 g/mol. The quantitative estimate of drug-likeness (QED) is 0.677. The van der Waals surface area contributed by atoms with E-state index in [0.717, 1.165) is 12.5 Å². The lowest BCUT2D eigenvalue weighted by molar-refractivity contribution is 0.617. The molecule has 0 saturated carbocycles. The summed E-state index contributed by atoms with van der Waals surface area (Å²) < 4.78 is 0. The van der Waals surface area contributed by atoms with E-state index >= 15 is 0 Å². The fraction of sp³-hybridized carbons (Fsp3) is 0.636. The van der Waals surface area contributed by atoms with Gasteiger partial charge in [-0.15, -0.1) is 0 Å². The van der Waals surface area contributed by atoms with E-state index in [2.05, 4.69) is 44.3 Å². The lowest BCUT2D eigenvalue weighted by Gasteiger charge is -2.14. The average Bonchev–Trinajstić information content (AvgIpc) is 2.01. The van der Waals surface area contributed by atoms with E-state index in [9.17, 15) is 0 Å². The molecule has 0 aromatic rings. The van der Waals surface area contributed by atoms with Gasteiger partial charge in [0.05, 0.1) is 0 Å². The summed E-state index contributed by atoms with van der Waals surface area (Å²) >= 11 is 0. The zero-order valence-corrected chi connectivity index (χ0v) is 8.30. The number of nitrogens with one attached hydrogen (secondary N) is 1. The third kappa shape index (κ3) is 3.22. The van der Waals surface area contributed by atoms with Gasteiger partial charge < -0.3 is 5.32 Å². The summed E-state index contributed by atoms with van der Waals surface area (Å²) in [5.41, 5.74) is 1.43. The summed E-state index contributed by atoms with van der Waals surface area (Å²) in [6.07, 6.45) is 8.05. The molecule has 1 unspecified atom stereocenters. The molecule has 1 aliphatic carbocycles. The van der Waals surface area contributed by atoms with Crippen LogP contribution < -0.4 is 5.32 Å². The molecule has 0 amide bonds. The largest absolute Gasteiger partial charge is 0.310 e. The van der Waals surface area contributed by atoms with Crippen molar-refractivity contribution >= 4 is 0 Å². The molecule has 0 aromatic heterocycles. The summed E-state index contributed by atoms with van der Waals surface area (Å²) in [5, 5.41) is 3.42. The van der Waals surface area contributed by atoms with Crippen LogP contribution in [0.15, 0.2) is 23.8 Å². The molecule has 0 saturated heterocycles. The summed E-state index contributed by atoms with van der Waals surface area (Å²) in [7, 11) is 0. The van der Waals surface area contributed by atoms with Gasteiger partial charge in [-0.3, -0.25) is 0 Å². The first kappa shape index (κ1) is 9.53. The minimum absolute atomic E-state index is 0.580. The summed E-state index contributed by atoms with van der Waals surface area (Å²) in [6, 6.07) is 0.580. The van der Waals surface area contributed by atoms with Crippen LogP contribution >= 0.6 is 0 Å². The smallest absolute Gasteiger partial charge is 0.0204 e. The molecule has 1 atom stereocenters. The van der Waals surface area contributed by atoms with E-state index in [4.69, 9.17) is 0 Å². The molecular formula is C11H19N. The van der Waals surface area contributed by atoms with Crippen molar-refractivity contribution in [1.82, 2.24) is 5.32 Å². The molecule has 1 aliphatic rings. The van der Waals surface area contributed by atoms with Gasteiger partial charge >= 0.3 is 0 Å². The molecule has 0 aliphatic heterocycles. The SMILES string of the molecule is CC1C=C(CNC(C)C)C=CC1. The molecule has 0 bridgehead atoms. The summed E-state index contributed by atoms with van der Waals surface area (Å²) in [4.78, 5) is 0. The van der Waals surface area contributed by atoms with Crippen LogP contribution in [0.2, 0.25) is 0 Å². The second-order valence-corrected chi connectivity index (χ2v) is 3.89. The van der Waals surface area contributed by atoms with Crippen molar-refractivity contribution in [1.29, 1.82) is 0 Å². The van der Waals surface area contributed by atoms with Crippen LogP contribution in [0.25, 0.3) is 0 Å². The lowest BCUT2D eigenvalue weighted by atomic mass is 9.98. The normalized spacial score (nSPS) is 23.0. The van der Waals surface area contributed by atoms with Crippen molar-refractivity contribution in [3.8, 4) is 0 Å². The summed E-state index contributed by atoms with van der Waals surface area (Å²) in [6.45, 7) is 7.63. The van der Waals surface area contributed by atoms with Gasteiger partial charge in [-0.2, -0.15) is 0 Å². The number of hydrogen-bond acceptors (Lipinski definition) is 1. The van der Waals surface area contributed by atoms with Crippen LogP contribution in [-0.2, 0) is 0 Å². The van der Waals surface area contributed by atoms with E-state index < -0.39 is 0 Å². The molecule has 0 fully saturated rings. The zero-order chi connectivity index (χ0) is 8.97. The minimum atomic E-state index is 0.580. The topological polar surface area (TPSA) is 12.0 Å². The highest BCUT2D eigenvalue weighted by atomic mass is 14.9. The molecule has 68 valence electrons. The lowest BCUT2D eigenvalue weighted by Crippen LogP contribution is -2.25. The number of rotatable bonds is 3. The van der Waals surface area contributed by atoms with Gasteiger partial charge in [0.1, 0.15) is 0 Å². The van der Waals surface area contributed by atoms with Crippen LogP contribution in [0.4, 0.5) is 0 Å². The van der Waals surface area contributed by atoms with Crippen molar-refractivity contribution in [2.24, 2.45) is 5.92 Å². The molecule has 1 nitrogen and oxygen atoms in total. The highest BCUT2D eigenvalue weighted by molar-refractivity contribution is 5.24. The predicted molar refractivity (Wildman–Crippen MR) is 54.1 cm³/mol. The van der Waals surface area contributed by atoms with Crippen molar-refractivity contribution < 1.29 is 0 Å². The maximum atomic E-state index is 3.42. The molecule has 0 heterocycles. The van der Waals surface area contributed by atoms with Crippen molar-refractivity contribution in [3.63, 3.8) is 0 Å². The number of hydrogen-bond donors (Lipinski definition) is 1. The Bertz CT molecular complexity index is 189. The number of allylic oxidation sites excluding steroid dienone is 2. The van der Waals surface area contributed by atoms with Crippen molar-refractivity contribution in [3.05, 3.63) is 23.8 Å². The third-order valence-corrected chi connectivity index (χ3v) is 2.05. The third-order valence-electron chi connectivity index (χ3n) is 2.05. The van der Waals surface area contributed by atoms with E-state index in [1.807, 2.05) is 0 Å². The Labute approximate surface area is 75.6 Å². The van der Waals surface area contributed by atoms with Crippen molar-refractivity contribution in [2.75, 3.05) is 6.54 Å². The highest BCUT2D eigenvalue weighted by Gasteiger charge is 2.03. The Morgan fingerprint density at radius 1 is 1.58 bits per heavy atom. The summed E-state index contributed by atoms with van der Waals surface area (Å²) in [5.74, 6) is 0.721. The molecule has 1 heteroatoms. The average molecular weight is 165 g/mol. The maximum absolute atomic E-state index is 3.42. The van der Waals surface area contributed by atoms with Crippen molar-refractivity contribution in [2.45, 2.75) is 33.2 Å². The first-order valence-electron chi connectivity index (χ1n) is 4.79. The monoisotopic (exact) mass is 165 g/mol. The van der Waals surface area contributed by atoms with Crippen LogP contribution in [0.3, 0.4) is 0 Å². The zero-order valence-electron chi connectivity index (χ0n) is 8.30. The molecule has 0 spiro atoms. The van der Waals surface area contributed by atoms with Crippen LogP contribution in [-0.4, -0.2) is 12.6 Å². The van der Waals surface area contributed by atoms with Crippen LogP contribution in [0.5, 0.6) is 0 Å². The Kier molecular flexibility index (Phi) is 3.54. The first-order valence-corrected chi connectivity index (χ1v) is 4.79. The Morgan fingerprint density at radius 2 is 2.33 bits per heavy atom. The second kappa shape index (κ2) is 4.46. The fourth-order valence-corrected chi connectivity index (χ4v) is 1.36. The highest BCUT2D eigenvalue weighted by Crippen LogP contribution is 2.14. The van der Waals surface area contributed by atoms with Gasteiger partial charge in [-0.25, -0.2) is 0 Å². The fourth-order valence-electron chi connectivity index (χ4n) is 1.36. The van der Waals surface area contributed by atoms with E-state index in [0.29, 0.717) is 6.04 Å². The first-order chi connectivity index (χ1) is 5.68. The standard InChI is InChI=1S/C11H19N/c1-9(2)12-8-11-6-4-5-10(3)7-11/h4,6-7,9-10,12H,5,8H2,1-3H3. The molecule has 12 heavy (non-hydrogen) atoms. The predicted octanol–water partition coefficient (Wildman–Crippen LogP) is 2.51. The van der Waals surface area contributed by atoms with E-state index in [1.165, 1.54) is 12.0 Å². The Balaban J connectivity index is 2.36. The minimum Gasteiger partial charge on any atom is -0.310 e. The van der Waals surface area contributed by atoms with Gasteiger partial charge in [0, 0.05) is 12.6 Å². The Morgan fingerprint density at radius 3 is 2.92 bits per heavy atom. The molecule has 0 radical (unpaired) electrons. The van der Waals surface area contributed by atoms with Gasteiger partial charge in [0.2, 0.25) is 0 Å². The van der Waals surface area contributed by atoms with Gasteiger partial charge in [0.25, 0.3) is 0 Å². The maximum Gasteiger partial charge on any atom is 0.0204 e. The molecule has 1 rings (SSSR count). The molecule has 1 N–H and O–H groups in total. The van der Waals surface area contributed by atoms with Gasteiger partial charge in [-0.1, -0.05) is 39.0 Å².